The van der Waals surface area contributed by atoms with Gasteiger partial charge in [-0.15, -0.1) is 10.2 Å². The molecule has 1 atom stereocenters. The largest absolute Gasteiger partial charge is 0.356 e. The van der Waals surface area contributed by atoms with Crippen molar-refractivity contribution in [3.05, 3.63) is 66.1 Å². The molecule has 0 spiro atoms. The Morgan fingerprint density at radius 2 is 1.97 bits per heavy atom. The van der Waals surface area contributed by atoms with Crippen molar-refractivity contribution in [2.45, 2.75) is 31.8 Å². The Balaban J connectivity index is 1.25. The number of rotatable bonds is 7. The van der Waals surface area contributed by atoms with E-state index >= 15 is 0 Å². The highest BCUT2D eigenvalue weighted by Gasteiger charge is 2.24. The van der Waals surface area contributed by atoms with Crippen molar-refractivity contribution in [1.82, 2.24) is 30.1 Å². The van der Waals surface area contributed by atoms with Gasteiger partial charge in [-0.05, 0) is 37.1 Å². The van der Waals surface area contributed by atoms with Crippen molar-refractivity contribution in [3.8, 4) is 0 Å². The lowest BCUT2D eigenvalue weighted by molar-refractivity contribution is 0.245. The molecule has 0 radical (unpaired) electrons. The van der Waals surface area contributed by atoms with Gasteiger partial charge in [-0.2, -0.15) is 0 Å². The van der Waals surface area contributed by atoms with Crippen LogP contribution in [0.25, 0.3) is 5.65 Å². The Hall–Kier alpha value is -2.93. The molecule has 1 aliphatic rings. The number of nitrogens with one attached hydrogen (secondary N) is 2. The monoisotopic (exact) mass is 391 g/mol. The zero-order valence-corrected chi connectivity index (χ0v) is 17.0. The highest BCUT2D eigenvalue weighted by atomic mass is 15.3. The van der Waals surface area contributed by atoms with Gasteiger partial charge < -0.3 is 10.6 Å². The van der Waals surface area contributed by atoms with Crippen LogP contribution in [0.5, 0.6) is 0 Å². The molecule has 1 fully saturated rings. The van der Waals surface area contributed by atoms with Gasteiger partial charge in [0.2, 0.25) is 0 Å². The van der Waals surface area contributed by atoms with E-state index in [1.165, 1.54) is 18.4 Å². The summed E-state index contributed by atoms with van der Waals surface area (Å²) in [5.74, 6) is 1.79. The minimum absolute atomic E-state index is 0.536. The van der Waals surface area contributed by atoms with Gasteiger partial charge in [0.1, 0.15) is 5.82 Å². The second-order valence-corrected chi connectivity index (χ2v) is 7.43. The maximum absolute atomic E-state index is 4.37. The minimum atomic E-state index is 0.536. The molecule has 0 amide bonds. The molecule has 7 nitrogen and oxygen atoms in total. The number of likely N-dealkylation sites (tertiary alicyclic amines) is 1. The minimum Gasteiger partial charge on any atom is -0.356 e. The average Bonchev–Trinajstić information content (AvgIpc) is 3.38. The van der Waals surface area contributed by atoms with Gasteiger partial charge >= 0.3 is 0 Å². The summed E-state index contributed by atoms with van der Waals surface area (Å²) in [6.45, 7) is 3.83. The summed E-state index contributed by atoms with van der Waals surface area (Å²) in [4.78, 5) is 6.94. The number of hydrogen-bond acceptors (Lipinski definition) is 4. The number of nitrogens with zero attached hydrogens (tertiary/aromatic N) is 5. The first kappa shape index (κ1) is 19.4. The fourth-order valence-electron chi connectivity index (χ4n) is 3.94. The third-order valence-corrected chi connectivity index (χ3v) is 5.48. The van der Waals surface area contributed by atoms with Crippen LogP contribution in [0.4, 0.5) is 0 Å². The highest BCUT2D eigenvalue weighted by molar-refractivity contribution is 5.79. The molecule has 152 valence electrons. The maximum atomic E-state index is 4.37. The predicted molar refractivity (Wildman–Crippen MR) is 116 cm³/mol. The van der Waals surface area contributed by atoms with E-state index < -0.39 is 0 Å². The summed E-state index contributed by atoms with van der Waals surface area (Å²) in [6.07, 6.45) is 5.27. The fourth-order valence-corrected chi connectivity index (χ4v) is 3.94. The molecule has 0 bridgehead atoms. The molecular weight excluding hydrogens is 362 g/mol. The van der Waals surface area contributed by atoms with E-state index in [1.54, 1.807) is 0 Å². The molecule has 29 heavy (non-hydrogen) atoms. The van der Waals surface area contributed by atoms with Crippen molar-refractivity contribution >= 4 is 11.6 Å². The Morgan fingerprint density at radius 1 is 1.10 bits per heavy atom. The first-order chi connectivity index (χ1) is 14.3. The summed E-state index contributed by atoms with van der Waals surface area (Å²) in [7, 11) is 1.82. The lowest BCUT2D eigenvalue weighted by Crippen LogP contribution is -2.45. The molecular formula is C22H29N7. The number of hydrogen-bond donors (Lipinski definition) is 2. The first-order valence-electron chi connectivity index (χ1n) is 10.3. The van der Waals surface area contributed by atoms with Crippen LogP contribution in [0.1, 0.15) is 24.2 Å². The maximum Gasteiger partial charge on any atom is 0.191 e. The predicted octanol–water partition coefficient (Wildman–Crippen LogP) is 2.10. The van der Waals surface area contributed by atoms with Gasteiger partial charge in [-0.25, -0.2) is 0 Å². The first-order valence-corrected chi connectivity index (χ1v) is 10.3. The Kier molecular flexibility index (Phi) is 6.36. The highest BCUT2D eigenvalue weighted by Crippen LogP contribution is 2.19. The quantitative estimate of drug-likeness (QED) is 0.477. The number of aliphatic imine (C=N–C) groups is 1. The SMILES string of the molecule is CN=C(NCCc1nnc2ccccn12)NCC1CCCN1Cc1ccccc1. The van der Waals surface area contributed by atoms with E-state index in [0.29, 0.717) is 6.04 Å². The topological polar surface area (TPSA) is 69.8 Å². The van der Waals surface area contributed by atoms with Crippen molar-refractivity contribution in [2.75, 3.05) is 26.7 Å². The van der Waals surface area contributed by atoms with Gasteiger partial charge in [-0.3, -0.25) is 14.3 Å². The van der Waals surface area contributed by atoms with Gasteiger partial charge in [-0.1, -0.05) is 36.4 Å². The molecule has 1 aliphatic heterocycles. The van der Waals surface area contributed by atoms with Crippen molar-refractivity contribution < 1.29 is 0 Å². The van der Waals surface area contributed by atoms with Crippen LogP contribution in [0, 0.1) is 0 Å². The summed E-state index contributed by atoms with van der Waals surface area (Å²) < 4.78 is 2.03. The van der Waals surface area contributed by atoms with Crippen LogP contribution >= 0.6 is 0 Å². The Bertz CT molecular complexity index is 934. The number of benzene rings is 1. The van der Waals surface area contributed by atoms with E-state index in [-0.39, 0.29) is 0 Å². The summed E-state index contributed by atoms with van der Waals surface area (Å²) in [6, 6.07) is 17.2. The van der Waals surface area contributed by atoms with E-state index in [4.69, 9.17) is 0 Å². The lowest BCUT2D eigenvalue weighted by Gasteiger charge is -2.25. The molecule has 0 saturated carbocycles. The van der Waals surface area contributed by atoms with Crippen LogP contribution in [-0.2, 0) is 13.0 Å². The van der Waals surface area contributed by atoms with Crippen molar-refractivity contribution in [2.24, 2.45) is 4.99 Å². The summed E-state index contributed by atoms with van der Waals surface area (Å²) >= 11 is 0. The third kappa shape index (κ3) is 4.92. The van der Waals surface area contributed by atoms with Crippen LogP contribution in [0.3, 0.4) is 0 Å². The van der Waals surface area contributed by atoms with E-state index in [2.05, 4.69) is 61.1 Å². The van der Waals surface area contributed by atoms with Crippen LogP contribution in [0.15, 0.2) is 59.7 Å². The van der Waals surface area contributed by atoms with E-state index in [9.17, 15) is 0 Å². The fraction of sp³-hybridized carbons (Fsp3) is 0.409. The van der Waals surface area contributed by atoms with Crippen molar-refractivity contribution in [1.29, 1.82) is 0 Å². The normalized spacial score (nSPS) is 17.7. The number of pyridine rings is 1. The molecule has 3 aromatic rings. The average molecular weight is 392 g/mol. The van der Waals surface area contributed by atoms with Crippen molar-refractivity contribution in [3.63, 3.8) is 0 Å². The Morgan fingerprint density at radius 3 is 2.83 bits per heavy atom. The summed E-state index contributed by atoms with van der Waals surface area (Å²) in [5, 5.41) is 15.4. The van der Waals surface area contributed by atoms with E-state index in [0.717, 1.165) is 50.0 Å². The van der Waals surface area contributed by atoms with Crippen LogP contribution in [-0.4, -0.2) is 58.2 Å². The molecule has 2 aromatic heterocycles. The molecule has 1 saturated heterocycles. The molecule has 3 heterocycles. The zero-order chi connectivity index (χ0) is 19.9. The summed E-state index contributed by atoms with van der Waals surface area (Å²) in [5.41, 5.74) is 2.26. The second kappa shape index (κ2) is 9.52. The third-order valence-electron chi connectivity index (χ3n) is 5.48. The zero-order valence-electron chi connectivity index (χ0n) is 17.0. The van der Waals surface area contributed by atoms with Crippen LogP contribution in [0.2, 0.25) is 0 Å². The molecule has 7 heteroatoms. The number of guanidine groups is 1. The van der Waals surface area contributed by atoms with Gasteiger partial charge in [0, 0.05) is 45.3 Å². The number of fused-ring (bicyclic) bond motifs is 1. The smallest absolute Gasteiger partial charge is 0.191 e. The molecule has 4 rings (SSSR count). The lowest BCUT2D eigenvalue weighted by atomic mass is 10.2. The van der Waals surface area contributed by atoms with Gasteiger partial charge in [0.25, 0.3) is 0 Å². The van der Waals surface area contributed by atoms with E-state index in [1.807, 2.05) is 35.8 Å². The van der Waals surface area contributed by atoms with Gasteiger partial charge in [0.05, 0.1) is 0 Å². The molecule has 0 aliphatic carbocycles. The van der Waals surface area contributed by atoms with Crippen LogP contribution < -0.4 is 10.6 Å². The molecule has 2 N–H and O–H groups in total. The second-order valence-electron chi connectivity index (χ2n) is 7.43. The Labute approximate surface area is 171 Å². The number of aromatic nitrogens is 3. The molecule has 1 aromatic carbocycles. The molecule has 1 unspecified atom stereocenters. The standard InChI is InChI=1S/C22H29N7/c1-23-22(24-13-12-21-27-26-20-11-5-6-15-29(20)21)25-16-19-10-7-14-28(19)17-18-8-3-2-4-9-18/h2-6,8-9,11,15,19H,7,10,12-14,16-17H2,1H3,(H2,23,24,25). The van der Waals surface area contributed by atoms with Gasteiger partial charge in [0.15, 0.2) is 11.6 Å².